The minimum atomic E-state index is 0.133. The minimum absolute atomic E-state index is 0.133. The van der Waals surface area contributed by atoms with Gasteiger partial charge < -0.3 is 15.0 Å². The van der Waals surface area contributed by atoms with Crippen LogP contribution in [0.5, 0.6) is 5.75 Å². The number of rotatable bonds is 3. The predicted octanol–water partition coefficient (Wildman–Crippen LogP) is 2.04. The molecule has 4 nitrogen and oxygen atoms in total. The number of amides is 1. The molecule has 114 valence electrons. The fourth-order valence-electron chi connectivity index (χ4n) is 3.62. The molecule has 0 aromatic heterocycles. The van der Waals surface area contributed by atoms with Gasteiger partial charge in [-0.3, -0.25) is 4.79 Å². The van der Waals surface area contributed by atoms with Crippen molar-refractivity contribution in [1.29, 1.82) is 0 Å². The number of hydrogen-bond donors (Lipinski definition) is 1. The summed E-state index contributed by atoms with van der Waals surface area (Å²) in [6, 6.07) is 6.81. The highest BCUT2D eigenvalue weighted by atomic mass is 16.5. The molecule has 2 fully saturated rings. The summed E-state index contributed by atoms with van der Waals surface area (Å²) in [5, 5.41) is 3.42. The zero-order valence-electron chi connectivity index (χ0n) is 12.9. The van der Waals surface area contributed by atoms with Gasteiger partial charge in [-0.1, -0.05) is 18.2 Å². The summed E-state index contributed by atoms with van der Waals surface area (Å²) in [4.78, 5) is 14.7. The molecule has 0 saturated carbocycles. The van der Waals surface area contributed by atoms with E-state index in [1.807, 2.05) is 32.0 Å². The number of nitrogens with zero attached hydrogens (tertiary/aromatic N) is 1. The Morgan fingerprint density at radius 3 is 2.71 bits per heavy atom. The Morgan fingerprint density at radius 1 is 1.24 bits per heavy atom. The Balaban J connectivity index is 1.67. The SMILES string of the molecule is Cc1cccc(C)c1OCC(=O)N1C2CCNCC1CC2. The first kappa shape index (κ1) is 14.4. The number of carbonyl (C=O) groups excluding carboxylic acids is 1. The summed E-state index contributed by atoms with van der Waals surface area (Å²) in [6.07, 6.45) is 3.32. The molecule has 2 heterocycles. The Bertz CT molecular complexity index is 495. The third-order valence-corrected chi connectivity index (χ3v) is 4.69. The summed E-state index contributed by atoms with van der Waals surface area (Å²) < 4.78 is 5.84. The van der Waals surface area contributed by atoms with Gasteiger partial charge >= 0.3 is 0 Å². The maximum atomic E-state index is 12.6. The van der Waals surface area contributed by atoms with Crippen molar-refractivity contribution >= 4 is 5.91 Å². The number of fused-ring (bicyclic) bond motifs is 2. The van der Waals surface area contributed by atoms with E-state index in [-0.39, 0.29) is 12.5 Å². The van der Waals surface area contributed by atoms with Crippen LogP contribution in [0.2, 0.25) is 0 Å². The average Bonchev–Trinajstić information content (AvgIpc) is 2.71. The Kier molecular flexibility index (Phi) is 4.15. The Hall–Kier alpha value is -1.55. The number of aryl methyl sites for hydroxylation is 2. The van der Waals surface area contributed by atoms with Crippen molar-refractivity contribution in [3.63, 3.8) is 0 Å². The van der Waals surface area contributed by atoms with Crippen LogP contribution in [-0.4, -0.2) is 42.6 Å². The highest BCUT2D eigenvalue weighted by molar-refractivity contribution is 5.79. The van der Waals surface area contributed by atoms with Gasteiger partial charge in [0.15, 0.2) is 6.61 Å². The molecular weight excluding hydrogens is 264 g/mol. The van der Waals surface area contributed by atoms with Crippen molar-refractivity contribution in [2.75, 3.05) is 19.7 Å². The molecule has 2 saturated heterocycles. The molecule has 0 spiro atoms. The van der Waals surface area contributed by atoms with Crippen LogP contribution in [0.15, 0.2) is 18.2 Å². The number of carbonyl (C=O) groups is 1. The molecule has 2 bridgehead atoms. The Morgan fingerprint density at radius 2 is 1.95 bits per heavy atom. The second-order valence-electron chi connectivity index (χ2n) is 6.19. The molecule has 2 unspecified atom stereocenters. The molecule has 1 N–H and O–H groups in total. The number of ether oxygens (including phenoxy) is 1. The monoisotopic (exact) mass is 288 g/mol. The van der Waals surface area contributed by atoms with Gasteiger partial charge in [0, 0.05) is 18.6 Å². The van der Waals surface area contributed by atoms with E-state index in [4.69, 9.17) is 4.74 Å². The van der Waals surface area contributed by atoms with Gasteiger partial charge in [-0.15, -0.1) is 0 Å². The van der Waals surface area contributed by atoms with Gasteiger partial charge in [-0.25, -0.2) is 0 Å². The normalized spacial score (nSPS) is 24.8. The van der Waals surface area contributed by atoms with E-state index < -0.39 is 0 Å². The van der Waals surface area contributed by atoms with E-state index in [1.165, 1.54) is 0 Å². The van der Waals surface area contributed by atoms with Crippen molar-refractivity contribution in [3.05, 3.63) is 29.3 Å². The van der Waals surface area contributed by atoms with E-state index in [9.17, 15) is 4.79 Å². The van der Waals surface area contributed by atoms with Crippen LogP contribution in [0.25, 0.3) is 0 Å². The van der Waals surface area contributed by atoms with Crippen LogP contribution in [0.1, 0.15) is 30.4 Å². The zero-order valence-corrected chi connectivity index (χ0v) is 12.9. The van der Waals surface area contributed by atoms with E-state index in [0.29, 0.717) is 12.1 Å². The fourth-order valence-corrected chi connectivity index (χ4v) is 3.62. The fraction of sp³-hybridized carbons (Fsp3) is 0.588. The smallest absolute Gasteiger partial charge is 0.261 e. The van der Waals surface area contributed by atoms with Crippen molar-refractivity contribution in [2.45, 2.75) is 45.2 Å². The molecule has 3 rings (SSSR count). The molecular formula is C17H24N2O2. The summed E-state index contributed by atoms with van der Waals surface area (Å²) in [6.45, 7) is 6.13. The molecule has 1 aromatic rings. The van der Waals surface area contributed by atoms with Crippen LogP contribution in [0.3, 0.4) is 0 Å². The van der Waals surface area contributed by atoms with E-state index in [0.717, 1.165) is 49.2 Å². The van der Waals surface area contributed by atoms with Gasteiger partial charge in [-0.05, 0) is 50.8 Å². The number of para-hydroxylation sites is 1. The molecule has 4 heteroatoms. The molecule has 0 radical (unpaired) electrons. The maximum Gasteiger partial charge on any atom is 0.261 e. The van der Waals surface area contributed by atoms with E-state index >= 15 is 0 Å². The summed E-state index contributed by atoms with van der Waals surface area (Å²) in [5.74, 6) is 0.986. The molecule has 21 heavy (non-hydrogen) atoms. The van der Waals surface area contributed by atoms with Gasteiger partial charge in [-0.2, -0.15) is 0 Å². The third-order valence-electron chi connectivity index (χ3n) is 4.69. The molecule has 2 aliphatic rings. The lowest BCUT2D eigenvalue weighted by atomic mass is 10.1. The quantitative estimate of drug-likeness (QED) is 0.925. The number of hydrogen-bond acceptors (Lipinski definition) is 3. The predicted molar refractivity (Wildman–Crippen MR) is 82.6 cm³/mol. The van der Waals surface area contributed by atoms with Gasteiger partial charge in [0.1, 0.15) is 5.75 Å². The van der Waals surface area contributed by atoms with Crippen LogP contribution in [-0.2, 0) is 4.79 Å². The van der Waals surface area contributed by atoms with E-state index in [2.05, 4.69) is 10.2 Å². The molecule has 2 atom stereocenters. The van der Waals surface area contributed by atoms with E-state index in [1.54, 1.807) is 0 Å². The topological polar surface area (TPSA) is 41.6 Å². The zero-order chi connectivity index (χ0) is 14.8. The van der Waals surface area contributed by atoms with Crippen molar-refractivity contribution in [2.24, 2.45) is 0 Å². The maximum absolute atomic E-state index is 12.6. The molecule has 0 aliphatic carbocycles. The minimum Gasteiger partial charge on any atom is -0.483 e. The van der Waals surface area contributed by atoms with Gasteiger partial charge in [0.2, 0.25) is 0 Å². The summed E-state index contributed by atoms with van der Waals surface area (Å²) >= 11 is 0. The highest BCUT2D eigenvalue weighted by Gasteiger charge is 2.37. The standard InChI is InChI=1S/C17H24N2O2/c1-12-4-3-5-13(2)17(12)21-11-16(20)19-14-6-7-15(19)10-18-9-8-14/h3-5,14-15,18H,6-11H2,1-2H3. The summed E-state index contributed by atoms with van der Waals surface area (Å²) in [7, 11) is 0. The van der Waals surface area contributed by atoms with Crippen molar-refractivity contribution in [3.8, 4) is 5.75 Å². The van der Waals surface area contributed by atoms with Crippen molar-refractivity contribution < 1.29 is 9.53 Å². The van der Waals surface area contributed by atoms with Crippen LogP contribution in [0.4, 0.5) is 0 Å². The lowest BCUT2D eigenvalue weighted by molar-refractivity contribution is -0.136. The lowest BCUT2D eigenvalue weighted by Crippen LogP contribution is -2.44. The van der Waals surface area contributed by atoms with Crippen LogP contribution >= 0.6 is 0 Å². The first-order valence-corrected chi connectivity index (χ1v) is 7.87. The second-order valence-corrected chi connectivity index (χ2v) is 6.19. The Labute approximate surface area is 126 Å². The molecule has 1 amide bonds. The van der Waals surface area contributed by atoms with Gasteiger partial charge in [0.05, 0.1) is 0 Å². The lowest BCUT2D eigenvalue weighted by Gasteiger charge is -2.28. The van der Waals surface area contributed by atoms with Crippen LogP contribution in [0, 0.1) is 13.8 Å². The number of nitrogens with one attached hydrogen (secondary N) is 1. The first-order valence-electron chi connectivity index (χ1n) is 7.87. The highest BCUT2D eigenvalue weighted by Crippen LogP contribution is 2.28. The largest absolute Gasteiger partial charge is 0.483 e. The van der Waals surface area contributed by atoms with Crippen LogP contribution < -0.4 is 10.1 Å². The molecule has 2 aliphatic heterocycles. The summed E-state index contributed by atoms with van der Waals surface area (Å²) in [5.41, 5.74) is 2.17. The first-order chi connectivity index (χ1) is 10.2. The number of benzene rings is 1. The molecule has 1 aromatic carbocycles. The second kappa shape index (κ2) is 6.06. The van der Waals surface area contributed by atoms with Gasteiger partial charge in [0.25, 0.3) is 5.91 Å². The average molecular weight is 288 g/mol. The van der Waals surface area contributed by atoms with Crippen molar-refractivity contribution in [1.82, 2.24) is 10.2 Å². The third kappa shape index (κ3) is 2.91.